The number of carbonyl (C=O) groups excluding carboxylic acids is 4. The van der Waals surface area contributed by atoms with Crippen molar-refractivity contribution in [2.45, 2.75) is 44.6 Å². The van der Waals surface area contributed by atoms with Crippen LogP contribution in [0.4, 0.5) is 5.69 Å². The Labute approximate surface area is 193 Å². The molecule has 0 aliphatic carbocycles. The number of imide groups is 2. The predicted molar refractivity (Wildman–Crippen MR) is 122 cm³/mol. The van der Waals surface area contributed by atoms with E-state index in [4.69, 9.17) is 0 Å². The molecule has 4 heterocycles. The van der Waals surface area contributed by atoms with Crippen molar-refractivity contribution in [1.29, 1.82) is 0 Å². The molecular weight excluding hydrogens is 422 g/mol. The first kappa shape index (κ1) is 22.0. The highest BCUT2D eigenvalue weighted by molar-refractivity contribution is 6.25. The van der Waals surface area contributed by atoms with Crippen molar-refractivity contribution in [2.24, 2.45) is 5.41 Å². The first-order valence-corrected chi connectivity index (χ1v) is 12.0. The van der Waals surface area contributed by atoms with Gasteiger partial charge in [-0.25, -0.2) is 0 Å². The minimum absolute atomic E-state index is 0.114. The second-order valence-corrected chi connectivity index (χ2v) is 9.69. The van der Waals surface area contributed by atoms with Crippen molar-refractivity contribution in [1.82, 2.24) is 20.4 Å². The van der Waals surface area contributed by atoms with Gasteiger partial charge in [0.2, 0.25) is 11.8 Å². The molecule has 3 fully saturated rings. The second-order valence-electron chi connectivity index (χ2n) is 9.69. The molecule has 176 valence electrons. The van der Waals surface area contributed by atoms with Crippen molar-refractivity contribution in [3.63, 3.8) is 0 Å². The third-order valence-corrected chi connectivity index (χ3v) is 7.79. The van der Waals surface area contributed by atoms with E-state index in [9.17, 15) is 19.2 Å². The van der Waals surface area contributed by atoms with Crippen LogP contribution in [0.2, 0.25) is 0 Å². The maximum Gasteiger partial charge on any atom is 0.264 e. The fourth-order valence-electron chi connectivity index (χ4n) is 5.72. The lowest BCUT2D eigenvalue weighted by molar-refractivity contribution is -0.136. The molecule has 1 atom stereocenters. The van der Waals surface area contributed by atoms with E-state index in [1.165, 1.54) is 25.7 Å². The summed E-state index contributed by atoms with van der Waals surface area (Å²) >= 11 is 0. The zero-order valence-electron chi connectivity index (χ0n) is 18.8. The predicted octanol–water partition coefficient (Wildman–Crippen LogP) is 0.965. The van der Waals surface area contributed by atoms with Gasteiger partial charge in [-0.1, -0.05) is 6.07 Å². The average molecular weight is 454 g/mol. The fourth-order valence-corrected chi connectivity index (χ4v) is 5.72. The molecule has 0 saturated carbocycles. The third-order valence-electron chi connectivity index (χ3n) is 7.79. The standard InChI is InChI=1S/C24H31N5O4/c30-19-5-4-18(21(31)27-19)29-22(32)16-2-1-3-17(20(16)23(29)33)26-12-15-28-13-8-24(9-14-28)6-10-25-11-7-24/h1-3,18,25-26H,4-15H2,(H,27,30,31). The second kappa shape index (κ2) is 8.87. The van der Waals surface area contributed by atoms with Crippen molar-refractivity contribution in [2.75, 3.05) is 44.6 Å². The van der Waals surface area contributed by atoms with E-state index in [-0.39, 0.29) is 18.7 Å². The topological polar surface area (TPSA) is 111 Å². The Morgan fingerprint density at radius 2 is 1.76 bits per heavy atom. The zero-order chi connectivity index (χ0) is 23.0. The number of nitrogens with zero attached hydrogens (tertiary/aromatic N) is 2. The molecule has 1 unspecified atom stereocenters. The number of likely N-dealkylation sites (tertiary alicyclic amines) is 1. The minimum Gasteiger partial charge on any atom is -0.383 e. The quantitative estimate of drug-likeness (QED) is 0.570. The number of carbonyl (C=O) groups is 4. The van der Waals surface area contributed by atoms with Crippen molar-refractivity contribution in [3.8, 4) is 0 Å². The van der Waals surface area contributed by atoms with Crippen LogP contribution < -0.4 is 16.0 Å². The summed E-state index contributed by atoms with van der Waals surface area (Å²) in [5.74, 6) is -1.92. The zero-order valence-corrected chi connectivity index (χ0v) is 18.8. The molecule has 1 aromatic carbocycles. The SMILES string of the molecule is O=C1CCC(N2C(=O)c3cccc(NCCN4CCC5(CCNCC5)CC4)c3C2=O)C(=O)N1. The Hall–Kier alpha value is -2.78. The normalized spacial score (nSPS) is 25.3. The smallest absolute Gasteiger partial charge is 0.264 e. The molecule has 33 heavy (non-hydrogen) atoms. The summed E-state index contributed by atoms with van der Waals surface area (Å²) < 4.78 is 0. The van der Waals surface area contributed by atoms with Gasteiger partial charge in [-0.2, -0.15) is 0 Å². The van der Waals surface area contributed by atoms with Crippen LogP contribution in [0.15, 0.2) is 18.2 Å². The minimum atomic E-state index is -0.946. The molecular formula is C24H31N5O4. The van der Waals surface area contributed by atoms with Gasteiger partial charge < -0.3 is 15.5 Å². The number of hydrogen-bond acceptors (Lipinski definition) is 7. The Bertz CT molecular complexity index is 977. The maximum absolute atomic E-state index is 13.2. The van der Waals surface area contributed by atoms with Gasteiger partial charge in [-0.15, -0.1) is 0 Å². The van der Waals surface area contributed by atoms with Gasteiger partial charge in [0.25, 0.3) is 11.8 Å². The van der Waals surface area contributed by atoms with E-state index in [1.54, 1.807) is 18.2 Å². The lowest BCUT2D eigenvalue weighted by Gasteiger charge is -2.44. The van der Waals surface area contributed by atoms with Gasteiger partial charge >= 0.3 is 0 Å². The molecule has 1 aromatic rings. The fraction of sp³-hybridized carbons (Fsp3) is 0.583. The van der Waals surface area contributed by atoms with Gasteiger partial charge in [-0.3, -0.25) is 29.4 Å². The van der Waals surface area contributed by atoms with Crippen molar-refractivity contribution < 1.29 is 19.2 Å². The first-order valence-electron chi connectivity index (χ1n) is 12.0. The highest BCUT2D eigenvalue weighted by atomic mass is 16.2. The monoisotopic (exact) mass is 453 g/mol. The molecule has 0 radical (unpaired) electrons. The van der Waals surface area contributed by atoms with Crippen LogP contribution in [-0.2, 0) is 9.59 Å². The van der Waals surface area contributed by atoms with E-state index >= 15 is 0 Å². The van der Waals surface area contributed by atoms with E-state index < -0.39 is 23.8 Å². The summed E-state index contributed by atoms with van der Waals surface area (Å²) in [6, 6.07) is 4.23. The van der Waals surface area contributed by atoms with Gasteiger partial charge in [0.15, 0.2) is 0 Å². The van der Waals surface area contributed by atoms with Crippen LogP contribution in [0.1, 0.15) is 59.2 Å². The van der Waals surface area contributed by atoms with Gasteiger partial charge in [0, 0.05) is 25.2 Å². The van der Waals surface area contributed by atoms with E-state index in [2.05, 4.69) is 20.9 Å². The van der Waals surface area contributed by atoms with Crippen LogP contribution in [0.25, 0.3) is 0 Å². The summed E-state index contributed by atoms with van der Waals surface area (Å²) in [6.45, 7) is 5.99. The Morgan fingerprint density at radius 1 is 1.00 bits per heavy atom. The van der Waals surface area contributed by atoms with Crippen LogP contribution >= 0.6 is 0 Å². The number of fused-ring (bicyclic) bond motifs is 1. The number of benzene rings is 1. The summed E-state index contributed by atoms with van der Waals surface area (Å²) in [4.78, 5) is 53.4. The Morgan fingerprint density at radius 3 is 2.48 bits per heavy atom. The summed E-state index contributed by atoms with van der Waals surface area (Å²) in [7, 11) is 0. The van der Waals surface area contributed by atoms with Gasteiger partial charge in [0.1, 0.15) is 6.04 Å². The molecule has 1 spiro atoms. The van der Waals surface area contributed by atoms with Crippen LogP contribution in [-0.4, -0.2) is 78.7 Å². The van der Waals surface area contributed by atoms with E-state index in [0.717, 1.165) is 37.6 Å². The number of rotatable bonds is 5. The van der Waals surface area contributed by atoms with Crippen molar-refractivity contribution >= 4 is 29.3 Å². The van der Waals surface area contributed by atoms with E-state index in [0.29, 0.717) is 28.8 Å². The number of piperidine rings is 3. The Balaban J connectivity index is 1.21. The number of amides is 4. The summed E-state index contributed by atoms with van der Waals surface area (Å²) in [5, 5.41) is 9.04. The summed E-state index contributed by atoms with van der Waals surface area (Å²) in [6.07, 6.45) is 5.30. The molecule has 3 N–H and O–H groups in total. The highest BCUT2D eigenvalue weighted by Crippen LogP contribution is 2.39. The largest absolute Gasteiger partial charge is 0.383 e. The Kier molecular flexibility index (Phi) is 5.92. The molecule has 3 saturated heterocycles. The number of nitrogens with one attached hydrogen (secondary N) is 3. The van der Waals surface area contributed by atoms with Crippen molar-refractivity contribution in [3.05, 3.63) is 29.3 Å². The average Bonchev–Trinajstić information content (AvgIpc) is 3.07. The lowest BCUT2D eigenvalue weighted by Crippen LogP contribution is -2.54. The lowest BCUT2D eigenvalue weighted by atomic mass is 9.71. The molecule has 9 nitrogen and oxygen atoms in total. The molecule has 4 aliphatic heterocycles. The molecule has 0 bridgehead atoms. The third kappa shape index (κ3) is 4.15. The molecule has 0 aromatic heterocycles. The maximum atomic E-state index is 13.2. The molecule has 4 amide bonds. The molecule has 4 aliphatic rings. The number of hydrogen-bond donors (Lipinski definition) is 3. The number of anilines is 1. The first-order chi connectivity index (χ1) is 16.0. The molecule has 9 heteroatoms. The van der Waals surface area contributed by atoms with Gasteiger partial charge in [0.05, 0.1) is 11.1 Å². The van der Waals surface area contributed by atoms with Gasteiger partial charge in [-0.05, 0) is 75.8 Å². The van der Waals surface area contributed by atoms with Crippen LogP contribution in [0.3, 0.4) is 0 Å². The highest BCUT2D eigenvalue weighted by Gasteiger charge is 2.45. The van der Waals surface area contributed by atoms with Crippen LogP contribution in [0, 0.1) is 5.41 Å². The molecule has 5 rings (SSSR count). The van der Waals surface area contributed by atoms with E-state index in [1.807, 2.05) is 0 Å². The summed E-state index contributed by atoms with van der Waals surface area (Å²) in [5.41, 5.74) is 1.76. The van der Waals surface area contributed by atoms with Crippen LogP contribution in [0.5, 0.6) is 0 Å².